The smallest absolute Gasteiger partial charge is 0.0284 e. The Morgan fingerprint density at radius 1 is 1.00 bits per heavy atom. The van der Waals surface area contributed by atoms with Crippen molar-refractivity contribution in [1.82, 2.24) is 0 Å². The summed E-state index contributed by atoms with van der Waals surface area (Å²) in [4.78, 5) is 0. The first-order chi connectivity index (χ1) is 5.27. The van der Waals surface area contributed by atoms with Gasteiger partial charge < -0.3 is 0 Å². The molecule has 0 aromatic carbocycles. The van der Waals surface area contributed by atoms with Gasteiger partial charge in [0, 0.05) is 5.41 Å². The third-order valence-electron chi connectivity index (χ3n) is 2.81. The predicted molar refractivity (Wildman–Crippen MR) is 49.3 cm³/mol. The van der Waals surface area contributed by atoms with E-state index in [1.807, 2.05) is 0 Å². The standard InChI is InChI=1S/C11H18/c1-3-11(2)9-7-5-4-6-8-10-11/h1H,4-10H2,2H3. The van der Waals surface area contributed by atoms with Crippen LogP contribution in [0.1, 0.15) is 51.9 Å². The second-order valence-electron chi connectivity index (χ2n) is 3.97. The van der Waals surface area contributed by atoms with Crippen LogP contribution in [-0.2, 0) is 0 Å². The second-order valence-corrected chi connectivity index (χ2v) is 3.97. The lowest BCUT2D eigenvalue weighted by Gasteiger charge is -2.25. The molecule has 0 aliphatic heterocycles. The van der Waals surface area contributed by atoms with Crippen molar-refractivity contribution >= 4 is 0 Å². The molecule has 0 heteroatoms. The Labute approximate surface area is 70.4 Å². The lowest BCUT2D eigenvalue weighted by Crippen LogP contribution is -2.14. The van der Waals surface area contributed by atoms with Gasteiger partial charge in [-0.2, -0.15) is 0 Å². The van der Waals surface area contributed by atoms with Crippen LogP contribution in [0.5, 0.6) is 0 Å². The Bertz CT molecular complexity index is 142. The van der Waals surface area contributed by atoms with Crippen molar-refractivity contribution < 1.29 is 0 Å². The van der Waals surface area contributed by atoms with Crippen LogP contribution in [0.2, 0.25) is 0 Å². The number of rotatable bonds is 0. The summed E-state index contributed by atoms with van der Waals surface area (Å²) >= 11 is 0. The molecule has 0 N–H and O–H groups in total. The van der Waals surface area contributed by atoms with E-state index in [4.69, 9.17) is 6.42 Å². The van der Waals surface area contributed by atoms with Crippen molar-refractivity contribution in [1.29, 1.82) is 0 Å². The molecule has 0 atom stereocenters. The van der Waals surface area contributed by atoms with Crippen molar-refractivity contribution in [3.63, 3.8) is 0 Å². The van der Waals surface area contributed by atoms with Gasteiger partial charge in [-0.25, -0.2) is 0 Å². The van der Waals surface area contributed by atoms with Gasteiger partial charge in [-0.05, 0) is 19.8 Å². The van der Waals surface area contributed by atoms with Crippen LogP contribution in [0.15, 0.2) is 0 Å². The fourth-order valence-corrected chi connectivity index (χ4v) is 1.83. The van der Waals surface area contributed by atoms with E-state index in [1.54, 1.807) is 0 Å². The maximum atomic E-state index is 5.51. The van der Waals surface area contributed by atoms with Gasteiger partial charge in [0.2, 0.25) is 0 Å². The van der Waals surface area contributed by atoms with E-state index < -0.39 is 0 Å². The largest absolute Gasteiger partial charge is 0.120 e. The first kappa shape index (κ1) is 8.65. The molecule has 62 valence electrons. The first-order valence-electron chi connectivity index (χ1n) is 4.75. The van der Waals surface area contributed by atoms with Crippen LogP contribution in [0.25, 0.3) is 0 Å². The third kappa shape index (κ3) is 2.58. The average molecular weight is 150 g/mol. The Morgan fingerprint density at radius 3 is 1.91 bits per heavy atom. The fourth-order valence-electron chi connectivity index (χ4n) is 1.83. The van der Waals surface area contributed by atoms with Crippen LogP contribution >= 0.6 is 0 Å². The topological polar surface area (TPSA) is 0 Å². The normalized spacial score (nSPS) is 24.7. The summed E-state index contributed by atoms with van der Waals surface area (Å²) in [7, 11) is 0. The quantitative estimate of drug-likeness (QED) is 0.464. The summed E-state index contributed by atoms with van der Waals surface area (Å²) in [6.45, 7) is 2.23. The second kappa shape index (κ2) is 3.81. The monoisotopic (exact) mass is 150 g/mol. The molecular weight excluding hydrogens is 132 g/mol. The summed E-state index contributed by atoms with van der Waals surface area (Å²) in [6.07, 6.45) is 14.8. The zero-order valence-electron chi connectivity index (χ0n) is 7.53. The van der Waals surface area contributed by atoms with E-state index in [9.17, 15) is 0 Å². The van der Waals surface area contributed by atoms with Crippen molar-refractivity contribution in [2.45, 2.75) is 51.9 Å². The molecule has 1 saturated carbocycles. The molecule has 0 aromatic rings. The van der Waals surface area contributed by atoms with Crippen LogP contribution in [0.3, 0.4) is 0 Å². The predicted octanol–water partition coefficient (Wildman–Crippen LogP) is 3.37. The van der Waals surface area contributed by atoms with Crippen LogP contribution in [0.4, 0.5) is 0 Å². The zero-order valence-corrected chi connectivity index (χ0v) is 7.53. The van der Waals surface area contributed by atoms with E-state index in [-0.39, 0.29) is 5.41 Å². The van der Waals surface area contributed by atoms with E-state index >= 15 is 0 Å². The van der Waals surface area contributed by atoms with Gasteiger partial charge in [-0.15, -0.1) is 12.3 Å². The molecule has 0 unspecified atom stereocenters. The molecule has 0 aromatic heterocycles. The minimum atomic E-state index is 0.223. The highest BCUT2D eigenvalue weighted by molar-refractivity contribution is 5.03. The summed E-state index contributed by atoms with van der Waals surface area (Å²) in [6, 6.07) is 0. The Kier molecular flexibility index (Phi) is 3.00. The summed E-state index contributed by atoms with van der Waals surface area (Å²) in [5.41, 5.74) is 0.223. The summed E-state index contributed by atoms with van der Waals surface area (Å²) < 4.78 is 0. The van der Waals surface area contributed by atoms with E-state index in [1.165, 1.54) is 44.9 Å². The van der Waals surface area contributed by atoms with Gasteiger partial charge in [-0.3, -0.25) is 0 Å². The fraction of sp³-hybridized carbons (Fsp3) is 0.818. The highest BCUT2D eigenvalue weighted by atomic mass is 14.2. The van der Waals surface area contributed by atoms with Gasteiger partial charge in [0.1, 0.15) is 0 Å². The van der Waals surface area contributed by atoms with Gasteiger partial charge in [0.05, 0.1) is 0 Å². The zero-order chi connectivity index (χ0) is 8.16. The van der Waals surface area contributed by atoms with Crippen molar-refractivity contribution in [3.8, 4) is 12.3 Å². The molecule has 1 aliphatic carbocycles. The molecule has 0 radical (unpaired) electrons. The molecule has 0 saturated heterocycles. The average Bonchev–Trinajstić information content (AvgIpc) is 1.98. The molecule has 1 aliphatic rings. The van der Waals surface area contributed by atoms with Gasteiger partial charge in [-0.1, -0.05) is 32.1 Å². The van der Waals surface area contributed by atoms with Crippen LogP contribution < -0.4 is 0 Å². The Balaban J connectivity index is 2.45. The molecule has 0 amide bonds. The summed E-state index contributed by atoms with van der Waals surface area (Å²) in [5, 5.41) is 0. The lowest BCUT2D eigenvalue weighted by atomic mass is 9.79. The van der Waals surface area contributed by atoms with Gasteiger partial charge in [0.25, 0.3) is 0 Å². The van der Waals surface area contributed by atoms with E-state index in [0.29, 0.717) is 0 Å². The Hall–Kier alpha value is -0.440. The lowest BCUT2D eigenvalue weighted by molar-refractivity contribution is 0.322. The molecule has 0 nitrogen and oxygen atoms in total. The van der Waals surface area contributed by atoms with Crippen molar-refractivity contribution in [2.75, 3.05) is 0 Å². The molecule has 0 bridgehead atoms. The molecule has 0 spiro atoms. The third-order valence-corrected chi connectivity index (χ3v) is 2.81. The Morgan fingerprint density at radius 2 is 1.45 bits per heavy atom. The highest BCUT2D eigenvalue weighted by Crippen LogP contribution is 2.32. The van der Waals surface area contributed by atoms with E-state index in [2.05, 4.69) is 12.8 Å². The molecule has 1 fully saturated rings. The van der Waals surface area contributed by atoms with Crippen molar-refractivity contribution in [2.24, 2.45) is 5.41 Å². The molecule has 1 rings (SSSR count). The molecule has 11 heavy (non-hydrogen) atoms. The minimum absolute atomic E-state index is 0.223. The first-order valence-corrected chi connectivity index (χ1v) is 4.75. The maximum absolute atomic E-state index is 5.51. The minimum Gasteiger partial charge on any atom is -0.120 e. The van der Waals surface area contributed by atoms with Crippen LogP contribution in [0, 0.1) is 17.8 Å². The maximum Gasteiger partial charge on any atom is 0.0284 e. The van der Waals surface area contributed by atoms with E-state index in [0.717, 1.165) is 0 Å². The van der Waals surface area contributed by atoms with Gasteiger partial charge in [0.15, 0.2) is 0 Å². The molecule has 0 heterocycles. The summed E-state index contributed by atoms with van der Waals surface area (Å²) in [5.74, 6) is 2.95. The number of terminal acetylenes is 1. The van der Waals surface area contributed by atoms with Gasteiger partial charge >= 0.3 is 0 Å². The number of hydrogen-bond donors (Lipinski definition) is 0. The van der Waals surface area contributed by atoms with Crippen LogP contribution in [-0.4, -0.2) is 0 Å². The van der Waals surface area contributed by atoms with Crippen molar-refractivity contribution in [3.05, 3.63) is 0 Å². The molecular formula is C11H18. The number of hydrogen-bond acceptors (Lipinski definition) is 0. The highest BCUT2D eigenvalue weighted by Gasteiger charge is 2.21. The SMILES string of the molecule is C#CC1(C)CCCCCCC1.